The lowest BCUT2D eigenvalue weighted by atomic mass is 9.95. The summed E-state index contributed by atoms with van der Waals surface area (Å²) >= 11 is 0. The zero-order chi connectivity index (χ0) is 37.1. The van der Waals surface area contributed by atoms with Gasteiger partial charge in [0.15, 0.2) is 0 Å². The highest BCUT2D eigenvalue weighted by Crippen LogP contribution is 2.47. The summed E-state index contributed by atoms with van der Waals surface area (Å²) in [5.41, 5.74) is 11.1. The number of fused-ring (bicyclic) bond motifs is 14. The van der Waals surface area contributed by atoms with E-state index in [1.54, 1.807) is 0 Å². The van der Waals surface area contributed by atoms with Gasteiger partial charge in [0.2, 0.25) is 0 Å². The Kier molecular flexibility index (Phi) is 6.10. The molecule has 0 fully saturated rings. The molecular formula is C50H26N4O2. The van der Waals surface area contributed by atoms with Gasteiger partial charge in [0.1, 0.15) is 34.5 Å². The van der Waals surface area contributed by atoms with Gasteiger partial charge in [-0.2, -0.15) is 10.5 Å². The van der Waals surface area contributed by atoms with Gasteiger partial charge in [0.05, 0.1) is 55.3 Å². The summed E-state index contributed by atoms with van der Waals surface area (Å²) < 4.78 is 17.3. The molecule has 0 atom stereocenters. The first-order chi connectivity index (χ1) is 27.7. The third-order valence-electron chi connectivity index (χ3n) is 11.4. The van der Waals surface area contributed by atoms with Crippen LogP contribution in [-0.4, -0.2) is 9.13 Å². The first kappa shape index (κ1) is 30.4. The van der Waals surface area contributed by atoms with Crippen LogP contribution in [-0.2, 0) is 0 Å². The Morgan fingerprint density at radius 1 is 0.357 bits per heavy atom. The Labute approximate surface area is 318 Å². The van der Waals surface area contributed by atoms with Crippen LogP contribution >= 0.6 is 0 Å². The fourth-order valence-electron chi connectivity index (χ4n) is 9.18. The van der Waals surface area contributed by atoms with Crippen LogP contribution in [0.2, 0.25) is 0 Å². The van der Waals surface area contributed by atoms with Crippen molar-refractivity contribution in [2.24, 2.45) is 0 Å². The number of hydrogen-bond donors (Lipinski definition) is 0. The molecule has 8 aromatic carbocycles. The summed E-state index contributed by atoms with van der Waals surface area (Å²) in [5, 5.41) is 30.1. The molecule has 0 radical (unpaired) electrons. The van der Waals surface area contributed by atoms with Gasteiger partial charge in [-0.05, 0) is 60.7 Å². The summed E-state index contributed by atoms with van der Waals surface area (Å²) in [6.45, 7) is 0. The van der Waals surface area contributed by atoms with E-state index in [9.17, 15) is 10.5 Å². The average molecular weight is 715 g/mol. The predicted octanol–water partition coefficient (Wildman–Crippen LogP) is 13.1. The SMILES string of the molecule is N#Cc1cccc(-c2cccc(C#N)c2-n2c3ccccc3c3ccc4oc5ccccc5c4c32)c1-n1c2ccccc2c2ccc3oc4ccccc4c3c21. The quantitative estimate of drug-likeness (QED) is 0.182. The van der Waals surface area contributed by atoms with E-state index in [0.29, 0.717) is 11.1 Å². The van der Waals surface area contributed by atoms with E-state index in [1.807, 2.05) is 84.9 Å². The molecule has 12 rings (SSSR count). The second-order valence-corrected chi connectivity index (χ2v) is 14.2. The Hall–Kier alpha value is -8.06. The van der Waals surface area contributed by atoms with Crippen LogP contribution in [0.15, 0.2) is 167 Å². The molecule has 0 aliphatic rings. The van der Waals surface area contributed by atoms with E-state index in [1.165, 1.54) is 0 Å². The standard InChI is InChI=1S/C50H26N4O2/c51-27-29-11-9-17-33(47(29)53-39-19-5-1-13-31(39)35-23-25-43-45(49(35)53)37-15-3-7-21-41(37)55-43)34-18-10-12-30(28-52)48(34)54-40-20-6-2-14-32(40)36-24-26-44-46(50(36)54)38-16-4-8-22-42(38)56-44/h1-26H. The normalized spacial score (nSPS) is 11.9. The van der Waals surface area contributed by atoms with Crippen molar-refractivity contribution in [3.05, 3.63) is 169 Å². The highest BCUT2D eigenvalue weighted by molar-refractivity contribution is 6.26. The zero-order valence-electron chi connectivity index (χ0n) is 29.6. The van der Waals surface area contributed by atoms with Crippen LogP contribution < -0.4 is 0 Å². The van der Waals surface area contributed by atoms with Crippen LogP contribution in [0.1, 0.15) is 11.1 Å². The summed E-state index contributed by atoms with van der Waals surface area (Å²) in [7, 11) is 0. The van der Waals surface area contributed by atoms with Crippen molar-refractivity contribution in [3.63, 3.8) is 0 Å². The van der Waals surface area contributed by atoms with Gasteiger partial charge in [0, 0.05) is 43.4 Å². The van der Waals surface area contributed by atoms with Crippen LogP contribution in [0.3, 0.4) is 0 Å². The minimum absolute atomic E-state index is 0.508. The summed E-state index contributed by atoms with van der Waals surface area (Å²) in [4.78, 5) is 0. The maximum absolute atomic E-state index is 11.0. The summed E-state index contributed by atoms with van der Waals surface area (Å²) in [6, 6.07) is 58.1. The summed E-state index contributed by atoms with van der Waals surface area (Å²) in [5.74, 6) is 0. The van der Waals surface area contributed by atoms with Crippen molar-refractivity contribution in [2.75, 3.05) is 0 Å². The highest BCUT2D eigenvalue weighted by Gasteiger charge is 2.27. The van der Waals surface area contributed by atoms with Crippen molar-refractivity contribution in [1.82, 2.24) is 9.13 Å². The first-order valence-electron chi connectivity index (χ1n) is 18.5. The van der Waals surface area contributed by atoms with Crippen molar-refractivity contribution >= 4 is 87.5 Å². The molecule has 0 bridgehead atoms. The molecule has 0 saturated heterocycles. The monoisotopic (exact) mass is 714 g/mol. The van der Waals surface area contributed by atoms with E-state index < -0.39 is 0 Å². The number of aromatic nitrogens is 2. The highest BCUT2D eigenvalue weighted by atomic mass is 16.3. The molecule has 56 heavy (non-hydrogen) atoms. The molecule has 6 nitrogen and oxygen atoms in total. The Bertz CT molecular complexity index is 3500. The minimum atomic E-state index is 0.508. The second-order valence-electron chi connectivity index (χ2n) is 14.2. The van der Waals surface area contributed by atoms with Crippen molar-refractivity contribution in [1.29, 1.82) is 10.5 Å². The fourth-order valence-corrected chi connectivity index (χ4v) is 9.18. The first-order valence-corrected chi connectivity index (χ1v) is 18.5. The van der Waals surface area contributed by atoms with E-state index in [4.69, 9.17) is 8.83 Å². The van der Waals surface area contributed by atoms with Gasteiger partial charge in [-0.25, -0.2) is 0 Å². The molecule has 0 unspecified atom stereocenters. The molecule has 4 heterocycles. The number of furan rings is 2. The molecule has 258 valence electrons. The molecule has 0 aliphatic heterocycles. The topological polar surface area (TPSA) is 83.7 Å². The number of nitriles is 2. The molecule has 0 N–H and O–H groups in total. The maximum Gasteiger partial charge on any atom is 0.137 e. The number of hydrogen-bond acceptors (Lipinski definition) is 4. The summed E-state index contributed by atoms with van der Waals surface area (Å²) in [6.07, 6.45) is 0. The smallest absolute Gasteiger partial charge is 0.137 e. The molecule has 0 amide bonds. The Morgan fingerprint density at radius 3 is 1.21 bits per heavy atom. The van der Waals surface area contributed by atoms with Crippen LogP contribution in [0.5, 0.6) is 0 Å². The van der Waals surface area contributed by atoms with Crippen molar-refractivity contribution < 1.29 is 8.83 Å². The number of nitrogens with zero attached hydrogens (tertiary/aromatic N) is 4. The molecule has 0 aliphatic carbocycles. The Balaban J connectivity index is 1.28. The lowest BCUT2D eigenvalue weighted by Crippen LogP contribution is -2.05. The number of benzene rings is 8. The van der Waals surface area contributed by atoms with Crippen LogP contribution in [0.4, 0.5) is 0 Å². The second kappa shape index (κ2) is 11.2. The molecular weight excluding hydrogens is 689 g/mol. The van der Waals surface area contributed by atoms with Gasteiger partial charge in [-0.1, -0.05) is 97.1 Å². The Morgan fingerprint density at radius 2 is 0.768 bits per heavy atom. The molecule has 12 aromatic rings. The van der Waals surface area contributed by atoms with E-state index >= 15 is 0 Å². The van der Waals surface area contributed by atoms with Crippen LogP contribution in [0, 0.1) is 22.7 Å². The lowest BCUT2D eigenvalue weighted by Gasteiger charge is -2.20. The van der Waals surface area contributed by atoms with Gasteiger partial charge >= 0.3 is 0 Å². The third kappa shape index (κ3) is 3.92. The van der Waals surface area contributed by atoms with Crippen LogP contribution in [0.25, 0.3) is 110 Å². The van der Waals surface area contributed by atoms with E-state index in [2.05, 4.69) is 94.1 Å². The molecule has 6 heteroatoms. The largest absolute Gasteiger partial charge is 0.456 e. The van der Waals surface area contributed by atoms with Gasteiger partial charge in [-0.15, -0.1) is 0 Å². The average Bonchev–Trinajstić information content (AvgIpc) is 4.00. The van der Waals surface area contributed by atoms with Crippen molar-refractivity contribution in [2.45, 2.75) is 0 Å². The molecule has 0 spiro atoms. The number of rotatable bonds is 3. The van der Waals surface area contributed by atoms with E-state index in [0.717, 1.165) is 110 Å². The minimum Gasteiger partial charge on any atom is -0.456 e. The molecule has 0 saturated carbocycles. The van der Waals surface area contributed by atoms with Gasteiger partial charge in [-0.3, -0.25) is 0 Å². The van der Waals surface area contributed by atoms with Crippen molar-refractivity contribution in [3.8, 4) is 34.6 Å². The number of para-hydroxylation sites is 6. The van der Waals surface area contributed by atoms with Gasteiger partial charge < -0.3 is 18.0 Å². The predicted molar refractivity (Wildman–Crippen MR) is 225 cm³/mol. The lowest BCUT2D eigenvalue weighted by molar-refractivity contribution is 0.669. The van der Waals surface area contributed by atoms with Gasteiger partial charge in [0.25, 0.3) is 0 Å². The maximum atomic E-state index is 11.0. The third-order valence-corrected chi connectivity index (χ3v) is 11.4. The zero-order valence-corrected chi connectivity index (χ0v) is 29.6. The van der Waals surface area contributed by atoms with E-state index in [-0.39, 0.29) is 0 Å². The fraction of sp³-hybridized carbons (Fsp3) is 0. The molecule has 4 aromatic heterocycles.